The average molecular weight is 423 g/mol. The number of methoxy groups -OCH3 is 2. The van der Waals surface area contributed by atoms with Gasteiger partial charge in [-0.25, -0.2) is 0 Å². The minimum absolute atomic E-state index is 0.0995. The fraction of sp³-hybridized carbons (Fsp3) is 0.619. The molecule has 7 heteroatoms. The Hall–Kier alpha value is -1.53. The highest BCUT2D eigenvalue weighted by atomic mass is 35.5. The quantitative estimate of drug-likeness (QED) is 0.700. The Kier molecular flexibility index (Phi) is 5.45. The Morgan fingerprint density at radius 1 is 1.11 bits per heavy atom. The van der Waals surface area contributed by atoms with Crippen molar-refractivity contribution in [1.29, 1.82) is 0 Å². The van der Waals surface area contributed by atoms with Crippen LogP contribution in [0.25, 0.3) is 0 Å². The summed E-state index contributed by atoms with van der Waals surface area (Å²) in [6.45, 7) is 0.402. The lowest BCUT2D eigenvalue weighted by Gasteiger charge is -2.55. The number of hydrogen-bond donors (Lipinski definition) is 2. The highest BCUT2D eigenvalue weighted by Gasteiger charge is 2.54. The Balaban J connectivity index is 1.37. The van der Waals surface area contributed by atoms with Gasteiger partial charge in [-0.2, -0.15) is 0 Å². The molecule has 0 saturated heterocycles. The molecule has 0 aliphatic heterocycles. The molecule has 0 spiro atoms. The van der Waals surface area contributed by atoms with Gasteiger partial charge in [0, 0.05) is 17.6 Å². The van der Waals surface area contributed by atoms with Crippen molar-refractivity contribution in [2.75, 3.05) is 14.2 Å². The van der Waals surface area contributed by atoms with Gasteiger partial charge >= 0.3 is 0 Å². The van der Waals surface area contributed by atoms with Gasteiger partial charge in [0.15, 0.2) is 16.6 Å². The molecule has 4 saturated carbocycles. The molecule has 4 aliphatic carbocycles. The third-order valence-electron chi connectivity index (χ3n) is 6.74. The van der Waals surface area contributed by atoms with Crippen molar-refractivity contribution in [2.45, 2.75) is 45.1 Å². The van der Waals surface area contributed by atoms with Crippen molar-refractivity contribution >= 4 is 34.8 Å². The minimum Gasteiger partial charge on any atom is -0.493 e. The standard InChI is InChI=1S/C21H27ClN2O3S/c1-26-17-6-15(16(22)7-18(17)27-2)11-23-20(28)24-19(25)21-8-12-3-13(9-21)5-14(4-12)10-21/h6-7,12-14H,3-5,8-11H2,1-2H3,(H2,23,24,25,28). The lowest BCUT2D eigenvalue weighted by molar-refractivity contribution is -0.144. The number of carbonyl (C=O) groups excluding carboxylic acids is 1. The molecule has 0 heterocycles. The molecule has 0 atom stereocenters. The number of thiocarbonyl (C=S) groups is 1. The number of amides is 1. The third-order valence-corrected chi connectivity index (χ3v) is 7.34. The van der Waals surface area contributed by atoms with E-state index in [1.807, 2.05) is 6.07 Å². The maximum atomic E-state index is 13.1. The first kappa shape index (κ1) is 19.8. The van der Waals surface area contributed by atoms with Crippen LogP contribution in [0.3, 0.4) is 0 Å². The van der Waals surface area contributed by atoms with E-state index >= 15 is 0 Å². The Bertz CT molecular complexity index is 763. The molecular weight excluding hydrogens is 396 g/mol. The molecule has 4 bridgehead atoms. The molecule has 152 valence electrons. The van der Waals surface area contributed by atoms with E-state index in [0.717, 1.165) is 42.6 Å². The number of ether oxygens (including phenoxy) is 2. The van der Waals surface area contributed by atoms with Crippen molar-refractivity contribution in [1.82, 2.24) is 10.6 Å². The molecule has 1 aromatic rings. The summed E-state index contributed by atoms with van der Waals surface area (Å²) in [4.78, 5) is 13.1. The molecular formula is C21H27ClN2O3S. The van der Waals surface area contributed by atoms with Crippen LogP contribution in [-0.4, -0.2) is 25.2 Å². The van der Waals surface area contributed by atoms with Crippen LogP contribution in [0.1, 0.15) is 44.1 Å². The van der Waals surface area contributed by atoms with Crippen LogP contribution >= 0.6 is 23.8 Å². The maximum absolute atomic E-state index is 13.1. The molecule has 1 amide bonds. The van der Waals surface area contributed by atoms with Crippen molar-refractivity contribution in [3.8, 4) is 11.5 Å². The summed E-state index contributed by atoms with van der Waals surface area (Å²) in [6.07, 6.45) is 7.01. The second-order valence-corrected chi connectivity index (χ2v) is 9.45. The molecule has 5 rings (SSSR count). The van der Waals surface area contributed by atoms with Crippen molar-refractivity contribution in [3.63, 3.8) is 0 Å². The van der Waals surface area contributed by atoms with E-state index in [0.29, 0.717) is 28.2 Å². The zero-order valence-corrected chi connectivity index (χ0v) is 17.9. The van der Waals surface area contributed by atoms with Gasteiger partial charge in [0.2, 0.25) is 5.91 Å². The van der Waals surface area contributed by atoms with E-state index in [9.17, 15) is 4.79 Å². The van der Waals surface area contributed by atoms with Crippen LogP contribution in [0.2, 0.25) is 5.02 Å². The molecule has 4 fully saturated rings. The van der Waals surface area contributed by atoms with Crippen LogP contribution < -0.4 is 20.1 Å². The second-order valence-electron chi connectivity index (χ2n) is 8.63. The number of halogens is 1. The van der Waals surface area contributed by atoms with Gasteiger partial charge in [-0.05, 0) is 80.1 Å². The van der Waals surface area contributed by atoms with Crippen LogP contribution in [0, 0.1) is 23.2 Å². The first-order valence-corrected chi connectivity index (χ1v) is 10.7. The maximum Gasteiger partial charge on any atom is 0.232 e. The third kappa shape index (κ3) is 3.69. The summed E-state index contributed by atoms with van der Waals surface area (Å²) in [5, 5.41) is 6.98. The van der Waals surface area contributed by atoms with Gasteiger partial charge in [-0.3, -0.25) is 4.79 Å². The monoisotopic (exact) mass is 422 g/mol. The summed E-state index contributed by atoms with van der Waals surface area (Å²) < 4.78 is 10.6. The van der Waals surface area contributed by atoms with Crippen LogP contribution in [0.15, 0.2) is 12.1 Å². The van der Waals surface area contributed by atoms with E-state index in [1.165, 1.54) is 19.3 Å². The summed E-state index contributed by atoms with van der Waals surface area (Å²) in [7, 11) is 3.15. The van der Waals surface area contributed by atoms with E-state index in [-0.39, 0.29) is 11.3 Å². The van der Waals surface area contributed by atoms with Crippen LogP contribution in [0.4, 0.5) is 0 Å². The van der Waals surface area contributed by atoms with Crippen molar-refractivity contribution < 1.29 is 14.3 Å². The van der Waals surface area contributed by atoms with Gasteiger partial charge in [-0.15, -0.1) is 0 Å². The second kappa shape index (κ2) is 7.71. The zero-order valence-electron chi connectivity index (χ0n) is 16.3. The Morgan fingerprint density at radius 3 is 2.18 bits per heavy atom. The van der Waals surface area contributed by atoms with Crippen molar-refractivity contribution in [2.24, 2.45) is 23.2 Å². The molecule has 0 radical (unpaired) electrons. The van der Waals surface area contributed by atoms with Gasteiger partial charge in [0.1, 0.15) is 0 Å². The molecule has 1 aromatic carbocycles. The SMILES string of the molecule is COc1cc(Cl)c(CNC(=S)NC(=O)C23CC4CC(CC(C4)C2)C3)cc1OC. The topological polar surface area (TPSA) is 59.6 Å². The number of nitrogens with one attached hydrogen (secondary N) is 2. The summed E-state index contributed by atoms with van der Waals surface area (Å²) >= 11 is 11.7. The van der Waals surface area contributed by atoms with Crippen molar-refractivity contribution in [3.05, 3.63) is 22.7 Å². The van der Waals surface area contributed by atoms with E-state index < -0.39 is 0 Å². The average Bonchev–Trinajstić information content (AvgIpc) is 2.65. The van der Waals surface area contributed by atoms with Crippen LogP contribution in [-0.2, 0) is 11.3 Å². The lowest BCUT2D eigenvalue weighted by atomic mass is 9.49. The largest absolute Gasteiger partial charge is 0.493 e. The predicted octanol–water partition coefficient (Wildman–Crippen LogP) is 4.06. The van der Waals surface area contributed by atoms with Crippen LogP contribution in [0.5, 0.6) is 11.5 Å². The Labute approximate surface area is 176 Å². The fourth-order valence-electron chi connectivity index (χ4n) is 5.88. The summed E-state index contributed by atoms with van der Waals surface area (Å²) in [6, 6.07) is 3.53. The van der Waals surface area contributed by atoms with Gasteiger partial charge < -0.3 is 20.1 Å². The zero-order chi connectivity index (χ0) is 19.9. The first-order chi connectivity index (χ1) is 13.4. The number of rotatable bonds is 5. The number of hydrogen-bond acceptors (Lipinski definition) is 4. The van der Waals surface area contributed by atoms with E-state index in [1.54, 1.807) is 20.3 Å². The number of carbonyl (C=O) groups is 1. The van der Waals surface area contributed by atoms with Gasteiger partial charge in [-0.1, -0.05) is 11.6 Å². The van der Waals surface area contributed by atoms with E-state index in [2.05, 4.69) is 10.6 Å². The molecule has 0 aromatic heterocycles. The highest BCUT2D eigenvalue weighted by molar-refractivity contribution is 7.80. The summed E-state index contributed by atoms with van der Waals surface area (Å²) in [5.74, 6) is 3.46. The highest BCUT2D eigenvalue weighted by Crippen LogP contribution is 2.60. The van der Waals surface area contributed by atoms with E-state index in [4.69, 9.17) is 33.3 Å². The molecule has 28 heavy (non-hydrogen) atoms. The fourth-order valence-corrected chi connectivity index (χ4v) is 6.26. The molecule has 4 aliphatic rings. The Morgan fingerprint density at radius 2 is 1.64 bits per heavy atom. The minimum atomic E-state index is -0.207. The summed E-state index contributed by atoms with van der Waals surface area (Å²) in [5.41, 5.74) is 0.618. The first-order valence-electron chi connectivity index (χ1n) is 9.92. The predicted molar refractivity (Wildman–Crippen MR) is 113 cm³/mol. The number of benzene rings is 1. The normalized spacial score (nSPS) is 30.0. The van der Waals surface area contributed by atoms with Gasteiger partial charge in [0.05, 0.1) is 19.6 Å². The van der Waals surface area contributed by atoms with Gasteiger partial charge in [0.25, 0.3) is 0 Å². The lowest BCUT2D eigenvalue weighted by Crippen LogP contribution is -2.55. The molecule has 2 N–H and O–H groups in total. The molecule has 5 nitrogen and oxygen atoms in total. The molecule has 0 unspecified atom stereocenters. The smallest absolute Gasteiger partial charge is 0.232 e.